The Morgan fingerprint density at radius 1 is 0.529 bits per heavy atom. The maximum atomic E-state index is 4.87. The van der Waals surface area contributed by atoms with E-state index in [1.54, 1.807) is 11.3 Å². The summed E-state index contributed by atoms with van der Waals surface area (Å²) in [5, 5.41) is 0. The van der Waals surface area contributed by atoms with Crippen molar-refractivity contribution in [2.24, 2.45) is 11.8 Å². The van der Waals surface area contributed by atoms with Crippen LogP contribution in [0.4, 0.5) is 0 Å². The fourth-order valence-electron chi connectivity index (χ4n) is 7.18. The van der Waals surface area contributed by atoms with Gasteiger partial charge in [-0.1, -0.05) is 103 Å². The van der Waals surface area contributed by atoms with Gasteiger partial charge in [-0.3, -0.25) is 0 Å². The predicted octanol–water partition coefficient (Wildman–Crippen LogP) is 15.6. The molecule has 0 bridgehead atoms. The van der Waals surface area contributed by atoms with Gasteiger partial charge in [-0.25, -0.2) is 0 Å². The Bertz CT molecular complexity index is 2090. The summed E-state index contributed by atoms with van der Waals surface area (Å²) in [5.41, 5.74) is 11.5. The molecular weight excluding hydrogens is 857 g/mol. The molecule has 2 unspecified atom stereocenters. The number of hydrogen-bond acceptors (Lipinski definition) is 9. The summed E-state index contributed by atoms with van der Waals surface area (Å²) in [4.78, 5) is 5.02. The van der Waals surface area contributed by atoms with E-state index in [0.29, 0.717) is 11.8 Å². The van der Waals surface area contributed by atoms with E-state index in [1.807, 2.05) is 22.7 Å². The summed E-state index contributed by atoms with van der Waals surface area (Å²) in [5.74, 6) is 1.40. The highest BCUT2D eigenvalue weighted by molar-refractivity contribution is 9.11. The van der Waals surface area contributed by atoms with Crippen LogP contribution in [-0.2, 0) is 12.8 Å². The van der Waals surface area contributed by atoms with Crippen molar-refractivity contribution in [3.05, 3.63) is 67.2 Å². The molecule has 2 atom stereocenters. The summed E-state index contributed by atoms with van der Waals surface area (Å²) >= 11 is 15.7. The predicted molar refractivity (Wildman–Crippen MR) is 233 cm³/mol. The molecule has 0 saturated heterocycles. The van der Waals surface area contributed by atoms with Crippen molar-refractivity contribution in [2.45, 2.75) is 91.9 Å². The minimum absolute atomic E-state index is 0.699. The van der Waals surface area contributed by atoms with Crippen molar-refractivity contribution in [3.8, 4) is 41.8 Å². The van der Waals surface area contributed by atoms with E-state index in [9.17, 15) is 0 Å². The highest BCUT2D eigenvalue weighted by atomic mass is 79.9. The van der Waals surface area contributed by atoms with Crippen LogP contribution < -0.4 is 0 Å². The van der Waals surface area contributed by atoms with Crippen LogP contribution in [0.2, 0.25) is 0 Å². The van der Waals surface area contributed by atoms with Crippen molar-refractivity contribution in [2.75, 3.05) is 0 Å². The third-order valence-electron chi connectivity index (χ3n) is 10.1. The highest BCUT2D eigenvalue weighted by Gasteiger charge is 2.23. The first-order valence-corrected chi connectivity index (χ1v) is 23.6. The van der Waals surface area contributed by atoms with E-state index in [0.717, 1.165) is 46.0 Å². The Balaban J connectivity index is 1.20. The molecule has 7 rings (SSSR count). The van der Waals surface area contributed by atoms with Crippen LogP contribution in [0.3, 0.4) is 0 Å². The molecule has 2 aromatic carbocycles. The number of halogens is 2. The molecule has 11 heteroatoms. The normalized spacial score (nSPS) is 13.1. The third kappa shape index (κ3) is 8.01. The molecule has 0 aliphatic heterocycles. The third-order valence-corrected chi connectivity index (χ3v) is 15.8. The molecule has 0 N–H and O–H groups in total. The van der Waals surface area contributed by atoms with E-state index in [-0.39, 0.29) is 0 Å². The quantitative estimate of drug-likeness (QED) is 0.0970. The molecule has 51 heavy (non-hydrogen) atoms. The molecule has 0 aliphatic rings. The maximum Gasteiger partial charge on any atom is 0.114 e. The van der Waals surface area contributed by atoms with Gasteiger partial charge in [0.15, 0.2) is 0 Å². The Morgan fingerprint density at radius 3 is 1.31 bits per heavy atom. The van der Waals surface area contributed by atoms with Gasteiger partial charge >= 0.3 is 0 Å². The second kappa shape index (κ2) is 17.1. The molecular formula is C40H42Br2N4S5. The van der Waals surface area contributed by atoms with Gasteiger partial charge in [-0.2, -0.15) is 17.5 Å². The van der Waals surface area contributed by atoms with Crippen molar-refractivity contribution in [1.29, 1.82) is 0 Å². The lowest BCUT2D eigenvalue weighted by atomic mass is 9.91. The van der Waals surface area contributed by atoms with E-state index in [4.69, 9.17) is 17.5 Å². The molecule has 7 aromatic rings. The Labute approximate surface area is 338 Å². The lowest BCUT2D eigenvalue weighted by molar-refractivity contribution is 0.450. The number of aromatic nitrogens is 4. The SMILES string of the molecule is CCCCC(CC)Cc1cc(Br)sc1-c1ccc(-c2ccc(-c3ccc(-c4sc(Br)cc4CC(CC)CCCC)c4nsnc34)s2)c2nsnc12. The zero-order valence-corrected chi connectivity index (χ0v) is 36.7. The minimum atomic E-state index is 0.699. The fourth-order valence-corrected chi connectivity index (χ4v) is 12.8. The molecule has 0 saturated carbocycles. The summed E-state index contributed by atoms with van der Waals surface area (Å²) in [7, 11) is 0. The van der Waals surface area contributed by atoms with Crippen molar-refractivity contribution in [3.63, 3.8) is 0 Å². The topological polar surface area (TPSA) is 51.6 Å². The Hall–Kier alpha value is -1.86. The zero-order chi connectivity index (χ0) is 35.5. The van der Waals surface area contributed by atoms with Crippen LogP contribution >= 0.6 is 89.3 Å². The number of fused-ring (bicyclic) bond motifs is 2. The van der Waals surface area contributed by atoms with Gasteiger partial charge in [0.25, 0.3) is 0 Å². The molecule has 0 fully saturated rings. The fraction of sp³-hybridized carbons (Fsp3) is 0.400. The number of unbranched alkanes of at least 4 members (excludes halogenated alkanes) is 2. The van der Waals surface area contributed by atoms with E-state index >= 15 is 0 Å². The summed E-state index contributed by atoms with van der Waals surface area (Å²) in [6.07, 6.45) is 12.3. The van der Waals surface area contributed by atoms with Gasteiger partial charge in [0.05, 0.1) is 31.0 Å². The summed E-state index contributed by atoms with van der Waals surface area (Å²) in [6, 6.07) is 18.2. The van der Waals surface area contributed by atoms with Crippen LogP contribution in [0.1, 0.15) is 90.2 Å². The van der Waals surface area contributed by atoms with Crippen LogP contribution in [0.25, 0.3) is 63.8 Å². The number of hydrogen-bond donors (Lipinski definition) is 0. The van der Waals surface area contributed by atoms with Gasteiger partial charge in [0.1, 0.15) is 22.1 Å². The molecule has 5 aromatic heterocycles. The first-order chi connectivity index (χ1) is 24.9. The van der Waals surface area contributed by atoms with Crippen molar-refractivity contribution < 1.29 is 0 Å². The molecule has 4 nitrogen and oxygen atoms in total. The van der Waals surface area contributed by atoms with Gasteiger partial charge in [-0.15, -0.1) is 34.0 Å². The molecule has 5 heterocycles. The van der Waals surface area contributed by atoms with E-state index < -0.39 is 0 Å². The summed E-state index contributed by atoms with van der Waals surface area (Å²) < 4.78 is 21.8. The van der Waals surface area contributed by atoms with Crippen LogP contribution in [0.15, 0.2) is 56.1 Å². The van der Waals surface area contributed by atoms with E-state index in [1.165, 1.54) is 124 Å². The lowest BCUT2D eigenvalue weighted by Crippen LogP contribution is -2.03. The van der Waals surface area contributed by atoms with Crippen LogP contribution in [0, 0.1) is 11.8 Å². The standard InChI is InChI=1S/C40H42Br2N4S5/c1-5-9-11-23(7-3)19-25-21-33(41)48-39(25)29-15-13-27(35-37(29)45-50-43-35)31-17-18-32(47-31)28-14-16-30(38-36(28)44-51-46-38)40-26(22-34(42)49-40)20-24(8-4)12-10-6-2/h13-18,21-24H,5-12,19-20H2,1-4H3. The smallest absolute Gasteiger partial charge is 0.114 e. The monoisotopic (exact) mass is 896 g/mol. The van der Waals surface area contributed by atoms with Crippen molar-refractivity contribution >= 4 is 111 Å². The average molecular weight is 899 g/mol. The second-order valence-electron chi connectivity index (χ2n) is 13.5. The van der Waals surface area contributed by atoms with Crippen LogP contribution in [-0.4, -0.2) is 17.5 Å². The molecule has 0 amide bonds. The van der Waals surface area contributed by atoms with Crippen molar-refractivity contribution in [1.82, 2.24) is 17.5 Å². The molecule has 0 radical (unpaired) electrons. The Morgan fingerprint density at radius 2 is 0.922 bits per heavy atom. The van der Waals surface area contributed by atoms with Crippen LogP contribution in [0.5, 0.6) is 0 Å². The molecule has 0 spiro atoms. The van der Waals surface area contributed by atoms with Gasteiger partial charge in [-0.05, 0) is 91.9 Å². The molecule has 0 aliphatic carbocycles. The lowest BCUT2D eigenvalue weighted by Gasteiger charge is -2.15. The number of benzene rings is 2. The zero-order valence-electron chi connectivity index (χ0n) is 29.4. The first-order valence-electron chi connectivity index (χ1n) is 18.1. The minimum Gasteiger partial charge on any atom is -0.172 e. The second-order valence-corrected chi connectivity index (χ2v) is 20.5. The maximum absolute atomic E-state index is 4.87. The first kappa shape index (κ1) is 37.5. The van der Waals surface area contributed by atoms with Gasteiger partial charge < -0.3 is 0 Å². The number of thiophene rings is 3. The van der Waals surface area contributed by atoms with Gasteiger partial charge in [0, 0.05) is 41.8 Å². The number of rotatable bonds is 16. The summed E-state index contributed by atoms with van der Waals surface area (Å²) in [6.45, 7) is 9.23. The van der Waals surface area contributed by atoms with E-state index in [2.05, 4.69) is 108 Å². The largest absolute Gasteiger partial charge is 0.172 e. The average Bonchev–Trinajstić information content (AvgIpc) is 3.98. The van der Waals surface area contributed by atoms with Gasteiger partial charge in [0.2, 0.25) is 0 Å². The number of nitrogens with zero attached hydrogens (tertiary/aromatic N) is 4. The molecule has 266 valence electrons. The Kier molecular flexibility index (Phi) is 12.5. The highest BCUT2D eigenvalue weighted by Crippen LogP contribution is 2.46.